The van der Waals surface area contributed by atoms with Crippen LogP contribution in [0.2, 0.25) is 0 Å². The SMILES string of the molecule is O=S(=O)(O)Nc1ccccc1.O=S(=O)(O)O.[Na]. The minimum atomic E-state index is -4.67. The Kier molecular flexibility index (Phi) is 9.01. The number of nitrogens with one attached hydrogen (secondary N) is 1. The fourth-order valence-electron chi connectivity index (χ4n) is 0.655. The molecule has 0 unspecified atom stereocenters. The summed E-state index contributed by atoms with van der Waals surface area (Å²) in [5, 5.41) is 0. The Morgan fingerprint density at radius 1 is 0.882 bits per heavy atom. The molecule has 0 saturated heterocycles. The van der Waals surface area contributed by atoms with E-state index in [1.54, 1.807) is 18.2 Å². The second-order valence-corrected chi connectivity index (χ2v) is 4.44. The van der Waals surface area contributed by atoms with Crippen LogP contribution in [0.25, 0.3) is 0 Å². The molecule has 0 spiro atoms. The molecule has 1 radical (unpaired) electrons. The van der Waals surface area contributed by atoms with Crippen LogP contribution in [0.3, 0.4) is 0 Å². The summed E-state index contributed by atoms with van der Waals surface area (Å²) < 4.78 is 62.3. The fourth-order valence-corrected chi connectivity index (χ4v) is 1.09. The Morgan fingerprint density at radius 2 is 1.24 bits per heavy atom. The third kappa shape index (κ3) is 18.4. The third-order valence-corrected chi connectivity index (χ3v) is 1.51. The van der Waals surface area contributed by atoms with E-state index in [-0.39, 0.29) is 29.6 Å². The number of para-hydroxylation sites is 1. The van der Waals surface area contributed by atoms with Crippen molar-refractivity contribution in [3.63, 3.8) is 0 Å². The van der Waals surface area contributed by atoms with Crippen LogP contribution in [0.4, 0.5) is 5.69 Å². The van der Waals surface area contributed by atoms with Crippen LogP contribution in [-0.2, 0) is 20.7 Å². The van der Waals surface area contributed by atoms with E-state index >= 15 is 0 Å². The molecule has 0 heterocycles. The molecule has 0 atom stereocenters. The van der Waals surface area contributed by atoms with E-state index < -0.39 is 20.7 Å². The van der Waals surface area contributed by atoms with Crippen molar-refractivity contribution in [1.29, 1.82) is 0 Å². The Labute approximate surface area is 121 Å². The van der Waals surface area contributed by atoms with Crippen LogP contribution in [0, 0.1) is 0 Å². The van der Waals surface area contributed by atoms with Gasteiger partial charge in [-0.25, -0.2) is 0 Å². The van der Waals surface area contributed by atoms with Gasteiger partial charge in [0.15, 0.2) is 0 Å². The zero-order valence-corrected chi connectivity index (χ0v) is 12.3. The Hall–Kier alpha value is -0.200. The molecule has 0 aliphatic rings. The van der Waals surface area contributed by atoms with Crippen molar-refractivity contribution in [3.05, 3.63) is 30.3 Å². The van der Waals surface area contributed by atoms with Gasteiger partial charge in [-0.15, -0.1) is 0 Å². The van der Waals surface area contributed by atoms with Crippen LogP contribution in [0.1, 0.15) is 0 Å². The largest absolute Gasteiger partial charge is 0.394 e. The van der Waals surface area contributed by atoms with Gasteiger partial charge in [0.1, 0.15) is 0 Å². The first-order chi connectivity index (χ1) is 7.08. The molecule has 93 valence electrons. The predicted molar refractivity (Wildman–Crippen MR) is 61.5 cm³/mol. The molecule has 0 amide bonds. The number of rotatable bonds is 2. The Balaban J connectivity index is 0. The Bertz CT molecular complexity index is 505. The molecule has 1 rings (SSSR count). The molecule has 0 aromatic heterocycles. The van der Waals surface area contributed by atoms with E-state index in [0.29, 0.717) is 5.69 Å². The molecule has 11 heteroatoms. The van der Waals surface area contributed by atoms with E-state index in [9.17, 15) is 8.42 Å². The van der Waals surface area contributed by atoms with Gasteiger partial charge < -0.3 is 0 Å². The van der Waals surface area contributed by atoms with Crippen molar-refractivity contribution in [2.24, 2.45) is 0 Å². The van der Waals surface area contributed by atoms with Gasteiger partial charge in [-0.05, 0) is 12.1 Å². The van der Waals surface area contributed by atoms with Crippen LogP contribution >= 0.6 is 0 Å². The van der Waals surface area contributed by atoms with Gasteiger partial charge in [-0.2, -0.15) is 16.8 Å². The molecular weight excluding hydrogens is 285 g/mol. The summed E-state index contributed by atoms with van der Waals surface area (Å²) in [5.74, 6) is 0. The first-order valence-electron chi connectivity index (χ1n) is 3.58. The Morgan fingerprint density at radius 3 is 1.53 bits per heavy atom. The van der Waals surface area contributed by atoms with Crippen molar-refractivity contribution >= 4 is 55.9 Å². The maximum absolute atomic E-state index is 10.2. The van der Waals surface area contributed by atoms with Crippen molar-refractivity contribution < 1.29 is 30.5 Å². The first kappa shape index (κ1) is 19.1. The van der Waals surface area contributed by atoms with Gasteiger partial charge in [0.25, 0.3) is 0 Å². The molecule has 0 aliphatic heterocycles. The van der Waals surface area contributed by atoms with Crippen LogP contribution in [0.15, 0.2) is 30.3 Å². The van der Waals surface area contributed by atoms with Gasteiger partial charge in [0.05, 0.1) is 5.69 Å². The van der Waals surface area contributed by atoms with Crippen molar-refractivity contribution in [2.45, 2.75) is 0 Å². The number of benzene rings is 1. The monoisotopic (exact) mass is 294 g/mol. The van der Waals surface area contributed by atoms with Crippen molar-refractivity contribution in [3.8, 4) is 0 Å². The summed E-state index contributed by atoms with van der Waals surface area (Å²) >= 11 is 0. The van der Waals surface area contributed by atoms with Crippen LogP contribution < -0.4 is 4.72 Å². The van der Waals surface area contributed by atoms with Crippen molar-refractivity contribution in [1.82, 2.24) is 0 Å². The van der Waals surface area contributed by atoms with E-state index in [2.05, 4.69) is 0 Å². The number of hydrogen-bond donors (Lipinski definition) is 4. The van der Waals surface area contributed by atoms with Gasteiger partial charge >= 0.3 is 20.7 Å². The minimum Gasteiger partial charge on any atom is -0.269 e. The quantitative estimate of drug-likeness (QED) is 0.439. The summed E-state index contributed by atoms with van der Waals surface area (Å²) in [5.41, 5.74) is 0.343. The number of hydrogen-bond acceptors (Lipinski definition) is 4. The van der Waals surface area contributed by atoms with E-state index in [1.807, 2.05) is 4.72 Å². The average Bonchev–Trinajstić information content (AvgIpc) is 1.99. The van der Waals surface area contributed by atoms with E-state index in [1.165, 1.54) is 12.1 Å². The molecule has 0 saturated carbocycles. The number of anilines is 1. The molecule has 8 nitrogen and oxygen atoms in total. The van der Waals surface area contributed by atoms with Gasteiger partial charge in [-0.3, -0.25) is 18.4 Å². The average molecular weight is 294 g/mol. The second kappa shape index (κ2) is 8.00. The molecule has 0 aliphatic carbocycles. The summed E-state index contributed by atoms with van der Waals surface area (Å²) in [7, 11) is -8.79. The molecule has 0 fully saturated rings. The summed E-state index contributed by atoms with van der Waals surface area (Å²) in [4.78, 5) is 0. The predicted octanol–water partition coefficient (Wildman–Crippen LogP) is -0.132. The maximum atomic E-state index is 10.2. The van der Waals surface area contributed by atoms with E-state index in [0.717, 1.165) is 0 Å². The summed E-state index contributed by atoms with van der Waals surface area (Å²) in [6.07, 6.45) is 0. The third-order valence-electron chi connectivity index (χ3n) is 1.02. The normalized spacial score (nSPS) is 10.5. The van der Waals surface area contributed by atoms with Gasteiger partial charge in [-0.1, -0.05) is 18.2 Å². The van der Waals surface area contributed by atoms with Crippen LogP contribution in [-0.4, -0.2) is 60.1 Å². The van der Waals surface area contributed by atoms with Gasteiger partial charge in [0, 0.05) is 29.6 Å². The fraction of sp³-hybridized carbons (Fsp3) is 0. The standard InChI is InChI=1S/C6H7NO3S.Na.H2O4S/c8-11(9,10)7-6-4-2-1-3-5-6;;1-5(2,3)4/h1-5,7H,(H,8,9,10);;(H2,1,2,3,4). The molecular formula is C6H9NNaO7S2. The molecule has 0 bridgehead atoms. The molecule has 4 N–H and O–H groups in total. The molecule has 17 heavy (non-hydrogen) atoms. The minimum absolute atomic E-state index is 0. The summed E-state index contributed by atoms with van der Waals surface area (Å²) in [6, 6.07) is 8.14. The second-order valence-electron chi connectivity index (χ2n) is 2.39. The molecule has 1 aromatic carbocycles. The smallest absolute Gasteiger partial charge is 0.269 e. The van der Waals surface area contributed by atoms with Gasteiger partial charge in [0.2, 0.25) is 0 Å². The molecule has 1 aromatic rings. The maximum Gasteiger partial charge on any atom is 0.394 e. The van der Waals surface area contributed by atoms with Crippen LogP contribution in [0.5, 0.6) is 0 Å². The van der Waals surface area contributed by atoms with Crippen molar-refractivity contribution in [2.75, 3.05) is 4.72 Å². The zero-order chi connectivity index (χ0) is 12.8. The topological polar surface area (TPSA) is 141 Å². The summed E-state index contributed by atoms with van der Waals surface area (Å²) in [6.45, 7) is 0. The zero-order valence-electron chi connectivity index (χ0n) is 8.68. The first-order valence-corrected chi connectivity index (χ1v) is 6.42. The van der Waals surface area contributed by atoms with E-state index in [4.69, 9.17) is 22.1 Å².